The van der Waals surface area contributed by atoms with E-state index >= 15 is 0 Å². The number of hydrogen-bond acceptors (Lipinski definition) is 4. The van der Waals surface area contributed by atoms with Crippen LogP contribution in [-0.2, 0) is 30.5 Å². The molecule has 5 nitrogen and oxygen atoms in total. The fourth-order valence-electron chi connectivity index (χ4n) is 3.23. The molecule has 2 heterocycles. The summed E-state index contributed by atoms with van der Waals surface area (Å²) in [6, 6.07) is 9.45. The van der Waals surface area contributed by atoms with Crippen LogP contribution in [0.2, 0.25) is 0 Å². The van der Waals surface area contributed by atoms with Gasteiger partial charge in [-0.2, -0.15) is 18.3 Å². The first-order chi connectivity index (χ1) is 13.4. The molecule has 0 saturated carbocycles. The van der Waals surface area contributed by atoms with Crippen LogP contribution in [0.3, 0.4) is 0 Å². The lowest BCUT2D eigenvalue weighted by molar-refractivity contribution is -0.185. The van der Waals surface area contributed by atoms with E-state index in [2.05, 4.69) is 10.2 Å². The van der Waals surface area contributed by atoms with Crippen LogP contribution in [0.25, 0.3) is 0 Å². The topological polar surface area (TPSA) is 55.3 Å². The van der Waals surface area contributed by atoms with E-state index in [0.29, 0.717) is 25.1 Å². The third-order valence-corrected chi connectivity index (χ3v) is 4.70. The number of aromatic nitrogens is 2. The highest BCUT2D eigenvalue weighted by Crippen LogP contribution is 2.23. The number of ether oxygens (including phenoxy) is 1. The van der Waals surface area contributed by atoms with Gasteiger partial charge in [-0.1, -0.05) is 18.2 Å². The molecular formula is C19H19BF3N3O2. The molecule has 3 rings (SSSR count). The molecule has 0 unspecified atom stereocenters. The number of fused-ring (bicyclic) bond motifs is 1. The average molecular weight is 389 g/mol. The molecule has 1 aliphatic rings. The molecule has 28 heavy (non-hydrogen) atoms. The molecular weight excluding hydrogens is 370 g/mol. The number of rotatable bonds is 5. The molecule has 1 aliphatic heterocycles. The largest absolute Gasteiger partial charge is 0.487 e. The van der Waals surface area contributed by atoms with E-state index in [1.54, 1.807) is 6.07 Å². The van der Waals surface area contributed by atoms with E-state index in [1.165, 1.54) is 0 Å². The highest BCUT2D eigenvalue weighted by Gasteiger charge is 2.42. The van der Waals surface area contributed by atoms with Gasteiger partial charge >= 0.3 is 12.1 Å². The van der Waals surface area contributed by atoms with Gasteiger partial charge in [0.1, 0.15) is 7.85 Å². The van der Waals surface area contributed by atoms with Gasteiger partial charge < -0.3 is 9.64 Å². The molecule has 1 aromatic carbocycles. The summed E-state index contributed by atoms with van der Waals surface area (Å²) in [6.45, 7) is 0.190. The monoisotopic (exact) mass is 389 g/mol. The Morgan fingerprint density at radius 1 is 1.07 bits per heavy atom. The lowest BCUT2D eigenvalue weighted by Gasteiger charge is -2.21. The number of alkyl halides is 3. The summed E-state index contributed by atoms with van der Waals surface area (Å²) >= 11 is 0. The lowest BCUT2D eigenvalue weighted by Crippen LogP contribution is -2.42. The highest BCUT2D eigenvalue weighted by molar-refractivity contribution is 6.08. The van der Waals surface area contributed by atoms with Gasteiger partial charge in [0.15, 0.2) is 0 Å². The highest BCUT2D eigenvalue weighted by atomic mass is 19.4. The number of carbonyl (C=O) groups is 1. The van der Waals surface area contributed by atoms with Crippen molar-refractivity contribution in [2.24, 2.45) is 0 Å². The van der Waals surface area contributed by atoms with Crippen LogP contribution in [-0.4, -0.2) is 54.6 Å². The number of hydrogen-bond donors (Lipinski definition) is 0. The molecule has 0 saturated heterocycles. The van der Waals surface area contributed by atoms with Gasteiger partial charge in [0.05, 0.1) is 5.69 Å². The summed E-state index contributed by atoms with van der Waals surface area (Å²) in [6.07, 6.45) is -2.59. The standard InChI is InChI=1S/C19H19BF3N3O2/c20-12-28-17-6-5-16(24-25-17)4-2-13-1-3-14-7-9-26(10-8-15(14)11-13)18(27)19(21,22)23/h1,3,5-6,11H,2,4,7-10,12H2. The summed E-state index contributed by atoms with van der Waals surface area (Å²) in [4.78, 5) is 12.4. The Balaban J connectivity index is 1.61. The van der Waals surface area contributed by atoms with Crippen molar-refractivity contribution in [1.29, 1.82) is 0 Å². The predicted molar refractivity (Wildman–Crippen MR) is 97.2 cm³/mol. The number of aryl methyl sites for hydroxylation is 2. The molecule has 9 heteroatoms. The summed E-state index contributed by atoms with van der Waals surface area (Å²) < 4.78 is 43.1. The molecule has 0 spiro atoms. The first-order valence-electron chi connectivity index (χ1n) is 8.99. The zero-order chi connectivity index (χ0) is 20.1. The SMILES string of the molecule is [B]COc1ccc(CCc2ccc3c(c2)CCN(C(=O)C(F)(F)F)CC3)nn1. The van der Waals surface area contributed by atoms with Crippen LogP contribution < -0.4 is 4.74 Å². The number of benzene rings is 1. The fraction of sp³-hybridized carbons (Fsp3) is 0.421. The van der Waals surface area contributed by atoms with Crippen molar-refractivity contribution in [2.75, 3.05) is 19.6 Å². The van der Waals surface area contributed by atoms with Gasteiger partial charge in [-0.25, -0.2) is 0 Å². The maximum atomic E-state index is 12.7. The van der Waals surface area contributed by atoms with E-state index < -0.39 is 12.1 Å². The number of halogens is 3. The molecule has 146 valence electrons. The van der Waals surface area contributed by atoms with Crippen molar-refractivity contribution >= 4 is 13.8 Å². The zero-order valence-electron chi connectivity index (χ0n) is 15.2. The molecule has 0 N–H and O–H groups in total. The number of nitrogens with zero attached hydrogens (tertiary/aromatic N) is 3. The molecule has 2 aromatic rings. The fourth-order valence-corrected chi connectivity index (χ4v) is 3.23. The van der Waals surface area contributed by atoms with E-state index in [1.807, 2.05) is 24.3 Å². The average Bonchev–Trinajstić information content (AvgIpc) is 2.88. The van der Waals surface area contributed by atoms with E-state index in [4.69, 9.17) is 12.6 Å². The Labute approximate surface area is 162 Å². The second-order valence-electron chi connectivity index (χ2n) is 6.57. The van der Waals surface area contributed by atoms with Gasteiger partial charge in [-0.3, -0.25) is 4.79 Å². The van der Waals surface area contributed by atoms with Crippen LogP contribution in [0, 0.1) is 0 Å². The summed E-state index contributed by atoms with van der Waals surface area (Å²) in [5.74, 6) is -1.39. The molecule has 0 atom stereocenters. The van der Waals surface area contributed by atoms with Gasteiger partial charge in [0, 0.05) is 25.7 Å². The minimum atomic E-state index is -4.83. The first-order valence-corrected chi connectivity index (χ1v) is 8.99. The summed E-state index contributed by atoms with van der Waals surface area (Å²) in [7, 11) is 5.28. The second kappa shape index (κ2) is 8.62. The smallest absolute Gasteiger partial charge is 0.471 e. The van der Waals surface area contributed by atoms with E-state index in [9.17, 15) is 18.0 Å². The van der Waals surface area contributed by atoms with Gasteiger partial charge in [-0.15, -0.1) is 5.10 Å². The minimum Gasteiger partial charge on any atom is -0.487 e. The Morgan fingerprint density at radius 3 is 2.46 bits per heavy atom. The Morgan fingerprint density at radius 2 is 1.82 bits per heavy atom. The van der Waals surface area contributed by atoms with Crippen molar-refractivity contribution in [3.8, 4) is 5.88 Å². The molecule has 1 aromatic heterocycles. The third-order valence-electron chi connectivity index (χ3n) is 4.70. The number of amides is 1. The predicted octanol–water partition coefficient (Wildman–Crippen LogP) is 2.26. The van der Waals surface area contributed by atoms with E-state index in [-0.39, 0.29) is 19.6 Å². The quantitative estimate of drug-likeness (QED) is 0.737. The Hall–Kier alpha value is -2.58. The van der Waals surface area contributed by atoms with Crippen molar-refractivity contribution in [3.05, 3.63) is 52.7 Å². The maximum Gasteiger partial charge on any atom is 0.471 e. The molecule has 0 fully saturated rings. The molecule has 0 bridgehead atoms. The van der Waals surface area contributed by atoms with Crippen LogP contribution >= 0.6 is 0 Å². The Kier molecular flexibility index (Phi) is 6.21. The lowest BCUT2D eigenvalue weighted by atomic mass is 9.98. The van der Waals surface area contributed by atoms with Crippen molar-refractivity contribution in [3.63, 3.8) is 0 Å². The van der Waals surface area contributed by atoms with Crippen molar-refractivity contribution < 1.29 is 22.7 Å². The van der Waals surface area contributed by atoms with Crippen molar-refractivity contribution in [1.82, 2.24) is 15.1 Å². The summed E-state index contributed by atoms with van der Waals surface area (Å²) in [5, 5.41) is 8.01. The zero-order valence-corrected chi connectivity index (χ0v) is 15.2. The van der Waals surface area contributed by atoms with Crippen molar-refractivity contribution in [2.45, 2.75) is 31.9 Å². The van der Waals surface area contributed by atoms with Crippen LogP contribution in [0.4, 0.5) is 13.2 Å². The normalized spacial score (nSPS) is 14.3. The molecule has 1 amide bonds. The van der Waals surface area contributed by atoms with Crippen LogP contribution in [0.5, 0.6) is 5.88 Å². The van der Waals surface area contributed by atoms with Gasteiger partial charge in [-0.05, 0) is 48.4 Å². The number of carbonyl (C=O) groups excluding carboxylic acids is 1. The molecule has 2 radical (unpaired) electrons. The third kappa shape index (κ3) is 5.02. The maximum absolute atomic E-state index is 12.7. The Bertz CT molecular complexity index is 828. The first kappa shape index (κ1) is 20.2. The second-order valence-corrected chi connectivity index (χ2v) is 6.57. The van der Waals surface area contributed by atoms with E-state index in [0.717, 1.165) is 33.7 Å². The van der Waals surface area contributed by atoms with Crippen LogP contribution in [0.1, 0.15) is 22.4 Å². The minimum absolute atomic E-state index is 0.0369. The summed E-state index contributed by atoms with van der Waals surface area (Å²) in [5.41, 5.74) is 3.86. The van der Waals surface area contributed by atoms with Gasteiger partial charge in [0.25, 0.3) is 0 Å². The van der Waals surface area contributed by atoms with Crippen LogP contribution in [0.15, 0.2) is 30.3 Å². The molecule has 0 aliphatic carbocycles. The van der Waals surface area contributed by atoms with Gasteiger partial charge in [0.2, 0.25) is 5.88 Å².